The van der Waals surface area contributed by atoms with Gasteiger partial charge < -0.3 is 4.90 Å². The number of alkyl halides is 1. The number of carbonyl (C=O) groups is 1. The van der Waals surface area contributed by atoms with Gasteiger partial charge in [-0.05, 0) is 65.6 Å². The zero-order valence-corrected chi connectivity index (χ0v) is 11.7. The normalized spacial score (nSPS) is 15.6. The van der Waals surface area contributed by atoms with E-state index < -0.39 is 0 Å². The monoisotopic (exact) mass is 347 g/mol. The third kappa shape index (κ3) is 2.97. The second-order valence-corrected chi connectivity index (χ2v) is 5.46. The fourth-order valence-corrected chi connectivity index (χ4v) is 2.74. The maximum absolute atomic E-state index is 12.3. The largest absolute Gasteiger partial charge is 0.312 e. The second-order valence-electron chi connectivity index (χ2n) is 4.21. The van der Waals surface area contributed by atoms with Crippen LogP contribution in [0.15, 0.2) is 18.2 Å². The summed E-state index contributed by atoms with van der Waals surface area (Å²) in [7, 11) is 0. The summed E-state index contributed by atoms with van der Waals surface area (Å²) < 4.78 is 13.5. The van der Waals surface area contributed by atoms with E-state index in [1.807, 2.05) is 12.1 Å². The smallest absolute Gasteiger partial charge is 0.226 e. The van der Waals surface area contributed by atoms with Crippen LogP contribution in [-0.2, 0) is 11.2 Å². The van der Waals surface area contributed by atoms with Crippen molar-refractivity contribution in [3.8, 4) is 0 Å². The van der Waals surface area contributed by atoms with Crippen molar-refractivity contribution < 1.29 is 9.18 Å². The molecule has 0 aromatic heterocycles. The van der Waals surface area contributed by atoms with Crippen molar-refractivity contribution in [1.82, 2.24) is 0 Å². The first kappa shape index (κ1) is 12.8. The van der Waals surface area contributed by atoms with E-state index in [0.717, 1.165) is 18.5 Å². The molecule has 1 aliphatic heterocycles. The van der Waals surface area contributed by atoms with Crippen molar-refractivity contribution >= 4 is 34.2 Å². The van der Waals surface area contributed by atoms with Gasteiger partial charge in [-0.2, -0.15) is 0 Å². The molecule has 0 saturated heterocycles. The highest BCUT2D eigenvalue weighted by atomic mass is 127. The summed E-state index contributed by atoms with van der Waals surface area (Å²) in [6.07, 6.45) is 2.80. The van der Waals surface area contributed by atoms with Crippen molar-refractivity contribution in [2.45, 2.75) is 25.7 Å². The van der Waals surface area contributed by atoms with Crippen LogP contribution in [0.2, 0.25) is 0 Å². The fraction of sp³-hybridized carbons (Fsp3) is 0.462. The molecule has 0 aliphatic carbocycles. The molecular weight excluding hydrogens is 332 g/mol. The zero-order chi connectivity index (χ0) is 12.3. The average Bonchev–Trinajstić information content (AvgIpc) is 2.45. The van der Waals surface area contributed by atoms with Crippen molar-refractivity contribution in [3.63, 3.8) is 0 Å². The van der Waals surface area contributed by atoms with Crippen molar-refractivity contribution in [2.75, 3.05) is 18.1 Å². The van der Waals surface area contributed by atoms with E-state index in [9.17, 15) is 9.18 Å². The van der Waals surface area contributed by atoms with E-state index in [-0.39, 0.29) is 12.6 Å². The van der Waals surface area contributed by atoms with Crippen LogP contribution in [0, 0.1) is 3.57 Å². The van der Waals surface area contributed by atoms with Crippen LogP contribution < -0.4 is 4.90 Å². The van der Waals surface area contributed by atoms with Crippen molar-refractivity contribution in [1.29, 1.82) is 0 Å². The maximum Gasteiger partial charge on any atom is 0.226 e. The number of aryl methyl sites for hydroxylation is 1. The van der Waals surface area contributed by atoms with Gasteiger partial charge in [0.25, 0.3) is 0 Å². The molecule has 4 heteroatoms. The van der Waals surface area contributed by atoms with Gasteiger partial charge in [0.05, 0.1) is 6.67 Å². The van der Waals surface area contributed by atoms with Gasteiger partial charge in [0.1, 0.15) is 0 Å². The van der Waals surface area contributed by atoms with Crippen LogP contribution in [-0.4, -0.2) is 19.1 Å². The Morgan fingerprint density at radius 2 is 2.18 bits per heavy atom. The van der Waals surface area contributed by atoms with Crippen LogP contribution >= 0.6 is 22.6 Å². The van der Waals surface area contributed by atoms with Gasteiger partial charge in [0.15, 0.2) is 0 Å². The Morgan fingerprint density at radius 1 is 1.35 bits per heavy atom. The number of halogens is 2. The van der Waals surface area contributed by atoms with Crippen LogP contribution in [0.4, 0.5) is 10.1 Å². The predicted octanol–water partition coefficient (Wildman–Crippen LogP) is 3.32. The topological polar surface area (TPSA) is 20.3 Å². The summed E-state index contributed by atoms with van der Waals surface area (Å²) in [6.45, 7) is 0.117. The van der Waals surface area contributed by atoms with Gasteiger partial charge in [0.2, 0.25) is 5.91 Å². The van der Waals surface area contributed by atoms with Gasteiger partial charge in [-0.25, -0.2) is 0 Å². The van der Waals surface area contributed by atoms with E-state index in [4.69, 9.17) is 0 Å². The Bertz CT molecular complexity index is 422. The Kier molecular flexibility index (Phi) is 4.36. The molecule has 1 heterocycles. The molecule has 2 rings (SSSR count). The van der Waals surface area contributed by atoms with E-state index >= 15 is 0 Å². The van der Waals surface area contributed by atoms with Crippen LogP contribution in [0.5, 0.6) is 0 Å². The highest BCUT2D eigenvalue weighted by molar-refractivity contribution is 14.1. The fourth-order valence-electron chi connectivity index (χ4n) is 2.18. The molecule has 0 radical (unpaired) electrons. The standard InChI is InChI=1S/C13H15FINO/c14-7-2-8-16-12-6-5-11(15)9-10(12)3-1-4-13(16)17/h5-6,9H,1-4,7-8H2. The summed E-state index contributed by atoms with van der Waals surface area (Å²) in [6, 6.07) is 6.11. The van der Waals surface area contributed by atoms with Crippen molar-refractivity contribution in [2.24, 2.45) is 0 Å². The van der Waals surface area contributed by atoms with Crippen LogP contribution in [0.1, 0.15) is 24.8 Å². The van der Waals surface area contributed by atoms with E-state index in [1.165, 1.54) is 9.13 Å². The summed E-state index contributed by atoms with van der Waals surface area (Å²) in [5, 5.41) is 0. The second kappa shape index (κ2) is 5.80. The molecule has 1 aromatic carbocycles. The van der Waals surface area contributed by atoms with Gasteiger partial charge in [-0.3, -0.25) is 9.18 Å². The minimum Gasteiger partial charge on any atom is -0.312 e. The Hall–Kier alpha value is -0.650. The van der Waals surface area contributed by atoms with E-state index in [1.54, 1.807) is 4.90 Å². The molecule has 2 nitrogen and oxygen atoms in total. The SMILES string of the molecule is O=C1CCCc2cc(I)ccc2N1CCCF. The summed E-state index contributed by atoms with van der Waals surface area (Å²) in [4.78, 5) is 13.7. The molecule has 0 atom stereocenters. The molecule has 92 valence electrons. The summed E-state index contributed by atoms with van der Waals surface area (Å²) in [5.74, 6) is 0.124. The number of hydrogen-bond donors (Lipinski definition) is 0. The predicted molar refractivity (Wildman–Crippen MR) is 75.0 cm³/mol. The molecule has 1 amide bonds. The van der Waals surface area contributed by atoms with Gasteiger partial charge in [-0.15, -0.1) is 0 Å². The molecule has 1 aliphatic rings. The van der Waals surface area contributed by atoms with Gasteiger partial charge in [-0.1, -0.05) is 0 Å². The lowest BCUT2D eigenvalue weighted by atomic mass is 10.1. The number of fused-ring (bicyclic) bond motifs is 1. The zero-order valence-electron chi connectivity index (χ0n) is 9.59. The van der Waals surface area contributed by atoms with E-state index in [2.05, 4.69) is 28.7 Å². The molecule has 17 heavy (non-hydrogen) atoms. The molecule has 0 bridgehead atoms. The maximum atomic E-state index is 12.3. The minimum atomic E-state index is -0.372. The lowest BCUT2D eigenvalue weighted by Crippen LogP contribution is -2.31. The minimum absolute atomic E-state index is 0.124. The number of hydrogen-bond acceptors (Lipinski definition) is 1. The Balaban J connectivity index is 2.33. The first-order chi connectivity index (χ1) is 8.22. The molecule has 1 aromatic rings. The van der Waals surface area contributed by atoms with Crippen LogP contribution in [0.25, 0.3) is 0 Å². The Morgan fingerprint density at radius 3 is 2.94 bits per heavy atom. The summed E-state index contributed by atoms with van der Waals surface area (Å²) >= 11 is 2.28. The number of benzene rings is 1. The van der Waals surface area contributed by atoms with Crippen molar-refractivity contribution in [3.05, 3.63) is 27.3 Å². The lowest BCUT2D eigenvalue weighted by molar-refractivity contribution is -0.118. The average molecular weight is 347 g/mol. The van der Waals surface area contributed by atoms with Gasteiger partial charge in [0, 0.05) is 22.2 Å². The number of nitrogens with zero attached hydrogens (tertiary/aromatic N) is 1. The highest BCUT2D eigenvalue weighted by Crippen LogP contribution is 2.28. The lowest BCUT2D eigenvalue weighted by Gasteiger charge is -2.22. The molecule has 0 spiro atoms. The summed E-state index contributed by atoms with van der Waals surface area (Å²) in [5.41, 5.74) is 2.18. The molecular formula is C13H15FINO. The first-order valence-corrected chi connectivity index (χ1v) is 6.95. The number of anilines is 1. The molecule has 0 unspecified atom stereocenters. The van der Waals surface area contributed by atoms with E-state index in [0.29, 0.717) is 19.4 Å². The molecule has 0 fully saturated rings. The molecule has 0 N–H and O–H groups in total. The third-order valence-corrected chi connectivity index (χ3v) is 3.66. The number of rotatable bonds is 3. The molecule has 0 saturated carbocycles. The highest BCUT2D eigenvalue weighted by Gasteiger charge is 2.21. The van der Waals surface area contributed by atoms with Gasteiger partial charge >= 0.3 is 0 Å². The number of carbonyl (C=O) groups excluding carboxylic acids is 1. The quantitative estimate of drug-likeness (QED) is 0.769. The number of amides is 1. The first-order valence-electron chi connectivity index (χ1n) is 5.87. The Labute approximate surface area is 114 Å². The van der Waals surface area contributed by atoms with Crippen LogP contribution in [0.3, 0.4) is 0 Å². The third-order valence-electron chi connectivity index (χ3n) is 2.99.